The molecule has 0 unspecified atom stereocenters. The molecule has 34 nitrogen and oxygen atoms in total. The average Bonchev–Trinajstić information content (AvgIpc) is 0.868. The van der Waals surface area contributed by atoms with Crippen molar-refractivity contribution >= 4 is 88.4 Å². The van der Waals surface area contributed by atoms with Gasteiger partial charge < -0.3 is 95.5 Å². The van der Waals surface area contributed by atoms with Gasteiger partial charge in [0.2, 0.25) is 41.4 Å². The van der Waals surface area contributed by atoms with E-state index in [1.54, 1.807) is 20.8 Å². The number of carboxylic acids is 4. The minimum atomic E-state index is -1.21. The van der Waals surface area contributed by atoms with E-state index in [9.17, 15) is 82.1 Å². The van der Waals surface area contributed by atoms with E-state index < -0.39 is 53.2 Å². The molecule has 0 aliphatic rings. The van der Waals surface area contributed by atoms with Gasteiger partial charge in [-0.25, -0.2) is 9.59 Å². The highest BCUT2D eigenvalue weighted by molar-refractivity contribution is 5.93. The van der Waals surface area contributed by atoms with Gasteiger partial charge in [-0.05, 0) is 77.6 Å². The maximum atomic E-state index is 13.8. The highest BCUT2D eigenvalue weighted by Gasteiger charge is 2.31. The Hall–Kier alpha value is -7.47. The number of nitrogens with one attached hydrogen (secondary N) is 7. The zero-order valence-corrected chi connectivity index (χ0v) is 73.5. The Bertz CT molecular complexity index is 2860. The normalized spacial score (nSPS) is 12.3. The van der Waals surface area contributed by atoms with Gasteiger partial charge in [0, 0.05) is 114 Å². The van der Waals surface area contributed by atoms with Crippen LogP contribution in [0.4, 0.5) is 0 Å². The Morgan fingerprint density at radius 3 is 0.917 bits per heavy atom. The minimum absolute atomic E-state index is 0.00679. The van der Waals surface area contributed by atoms with Crippen LogP contribution in [0.1, 0.15) is 297 Å². The molecule has 0 rings (SSSR count). The molecule has 7 amide bonds. The number of hydrogen-bond acceptors (Lipinski definition) is 23. The fourth-order valence-electron chi connectivity index (χ4n) is 12.6. The largest absolute Gasteiger partial charge is 0.481 e. The van der Waals surface area contributed by atoms with E-state index in [0.29, 0.717) is 77.5 Å². The summed E-state index contributed by atoms with van der Waals surface area (Å²) in [7, 11) is 0. The van der Waals surface area contributed by atoms with Gasteiger partial charge in [-0.1, -0.05) is 162 Å². The van der Waals surface area contributed by atoms with E-state index in [2.05, 4.69) is 37.2 Å². The first-order valence-corrected chi connectivity index (χ1v) is 44.6. The zero-order chi connectivity index (χ0) is 89.6. The van der Waals surface area contributed by atoms with Crippen LogP contribution in [0.25, 0.3) is 0 Å². The van der Waals surface area contributed by atoms with Gasteiger partial charge in [-0.3, -0.25) is 62.3 Å². The molecule has 0 aromatic carbocycles. The Balaban J connectivity index is 4.11. The van der Waals surface area contributed by atoms with Crippen LogP contribution in [0.5, 0.6) is 0 Å². The van der Waals surface area contributed by atoms with Gasteiger partial charge in [0.25, 0.3) is 0 Å². The number of carboxylic acid groups (broad SMARTS) is 4. The molecule has 0 heterocycles. The summed E-state index contributed by atoms with van der Waals surface area (Å²) in [6.45, 7) is 9.42. The Kier molecular flexibility index (Phi) is 73.7. The smallest absolute Gasteiger partial charge is 0.326 e. The van der Waals surface area contributed by atoms with Crippen LogP contribution < -0.4 is 37.2 Å². The number of ketones is 4. The standard InChI is InChI=1S/C87H153N7O27/c1-68(95)69(34-29-31-45-88-80(103)65-119-59-54-114-50-33-36-71(96)64-118-58-55-115-51-47-90-76(99)43-41-72(85(110)111)93-78(101)37-25-21-17-13-9-5-7-11-15-19-23-27-39-83(106)107)62-74(97)70(63-75(98)87(2,3)4)35-30-32-46-89-81(104)66-120-60-57-117-53-49-92-82(105)67-121-61-56-116-52-48-91-77(100)44-42-73(86(112)113)94-79(102)38-26-22-18-14-10-6-8-12-16-20-24-28-40-84(108)109/h69-70,72-73H,5-67H2,1-4H3,(H,88,103)(H,89,104)(H,90,99)(H,91,100)(H,92,105)(H,93,101)(H,94,102)(H,106,107)(H,108,109)(H,110,111)(H,112,113)/t69-,70-,72+,73+/m1/s1. The second kappa shape index (κ2) is 78.5. The van der Waals surface area contributed by atoms with Crippen molar-refractivity contribution in [1.82, 2.24) is 37.2 Å². The summed E-state index contributed by atoms with van der Waals surface area (Å²) in [6.07, 6.45) is 28.5. The minimum Gasteiger partial charge on any atom is -0.481 e. The number of amides is 7. The molecule has 0 aliphatic heterocycles. The molecular formula is C87H153N7O27. The topological polar surface area (TPSA) is 495 Å². The first-order chi connectivity index (χ1) is 58.1. The van der Waals surface area contributed by atoms with Crippen molar-refractivity contribution in [2.24, 2.45) is 17.3 Å². The van der Waals surface area contributed by atoms with Gasteiger partial charge in [-0.15, -0.1) is 0 Å². The summed E-state index contributed by atoms with van der Waals surface area (Å²) in [5.74, 6) is -8.04. The molecule has 0 radical (unpaired) electrons. The van der Waals surface area contributed by atoms with Crippen molar-refractivity contribution in [2.75, 3.05) is 138 Å². The van der Waals surface area contributed by atoms with Crippen LogP contribution in [0.2, 0.25) is 0 Å². The molecule has 34 heteroatoms. The lowest BCUT2D eigenvalue weighted by Gasteiger charge is -2.23. The van der Waals surface area contributed by atoms with Crippen molar-refractivity contribution in [2.45, 2.75) is 309 Å². The van der Waals surface area contributed by atoms with Gasteiger partial charge in [0.1, 0.15) is 55.9 Å². The lowest BCUT2D eigenvalue weighted by atomic mass is 9.79. The fraction of sp³-hybridized carbons (Fsp3) is 0.828. The van der Waals surface area contributed by atoms with Gasteiger partial charge >= 0.3 is 23.9 Å². The molecule has 0 spiro atoms. The average molecular weight is 1730 g/mol. The molecule has 121 heavy (non-hydrogen) atoms. The Labute approximate surface area is 717 Å². The molecule has 11 N–H and O–H groups in total. The number of unbranched alkanes of at least 4 members (excludes halogenated alkanes) is 24. The van der Waals surface area contributed by atoms with Crippen LogP contribution >= 0.6 is 0 Å². The number of hydrogen-bond donors (Lipinski definition) is 11. The van der Waals surface area contributed by atoms with Crippen LogP contribution in [-0.4, -0.2) is 259 Å². The highest BCUT2D eigenvalue weighted by Crippen LogP contribution is 2.27. The van der Waals surface area contributed by atoms with Crippen LogP contribution in [0.3, 0.4) is 0 Å². The predicted octanol–water partition coefficient (Wildman–Crippen LogP) is 8.97. The Morgan fingerprint density at radius 2 is 0.579 bits per heavy atom. The van der Waals surface area contributed by atoms with Crippen molar-refractivity contribution in [3.8, 4) is 0 Å². The fourth-order valence-corrected chi connectivity index (χ4v) is 12.6. The first-order valence-electron chi connectivity index (χ1n) is 44.6. The molecular weight excluding hydrogens is 1570 g/mol. The molecule has 0 aromatic rings. The van der Waals surface area contributed by atoms with E-state index in [0.717, 1.165) is 141 Å². The van der Waals surface area contributed by atoms with Crippen LogP contribution in [-0.2, 0) is 110 Å². The quantitative estimate of drug-likeness (QED) is 0.0253. The number of aliphatic carboxylic acids is 4. The second-order valence-electron chi connectivity index (χ2n) is 31.9. The van der Waals surface area contributed by atoms with Crippen molar-refractivity contribution < 1.29 is 130 Å². The summed E-state index contributed by atoms with van der Waals surface area (Å²) >= 11 is 0. The van der Waals surface area contributed by atoms with E-state index in [1.165, 1.54) is 6.92 Å². The van der Waals surface area contributed by atoms with Crippen LogP contribution in [0, 0.1) is 17.3 Å². The van der Waals surface area contributed by atoms with Gasteiger partial charge in [0.15, 0.2) is 5.78 Å². The van der Waals surface area contributed by atoms with E-state index in [4.69, 9.17) is 48.1 Å². The van der Waals surface area contributed by atoms with E-state index in [1.807, 2.05) is 0 Å². The van der Waals surface area contributed by atoms with Gasteiger partial charge in [-0.2, -0.15) is 0 Å². The third kappa shape index (κ3) is 76.0. The third-order valence-electron chi connectivity index (χ3n) is 19.9. The molecule has 4 atom stereocenters. The number of ether oxygens (including phenoxy) is 8. The predicted molar refractivity (Wildman–Crippen MR) is 452 cm³/mol. The van der Waals surface area contributed by atoms with Crippen LogP contribution in [0.15, 0.2) is 0 Å². The molecule has 0 fully saturated rings. The number of rotatable bonds is 89. The van der Waals surface area contributed by atoms with Crippen molar-refractivity contribution in [1.29, 1.82) is 0 Å². The summed E-state index contributed by atoms with van der Waals surface area (Å²) < 4.78 is 43.4. The second-order valence-corrected chi connectivity index (χ2v) is 31.9. The zero-order valence-electron chi connectivity index (χ0n) is 73.5. The monoisotopic (exact) mass is 1730 g/mol. The lowest BCUT2D eigenvalue weighted by molar-refractivity contribution is -0.142. The molecule has 0 bridgehead atoms. The number of carbonyl (C=O) groups excluding carboxylic acids is 11. The first kappa shape index (κ1) is 114. The maximum absolute atomic E-state index is 13.8. The Morgan fingerprint density at radius 1 is 0.273 bits per heavy atom. The summed E-state index contributed by atoms with van der Waals surface area (Å²) in [4.78, 5) is 183. The summed E-state index contributed by atoms with van der Waals surface area (Å²) in [5, 5.41) is 55.2. The van der Waals surface area contributed by atoms with E-state index >= 15 is 0 Å². The van der Waals surface area contributed by atoms with Gasteiger partial charge in [0.05, 0.1) is 72.7 Å². The summed E-state index contributed by atoms with van der Waals surface area (Å²) in [5.41, 5.74) is -0.672. The number of carbonyl (C=O) groups is 15. The van der Waals surface area contributed by atoms with Crippen molar-refractivity contribution in [3.05, 3.63) is 0 Å². The molecule has 0 saturated carbocycles. The maximum Gasteiger partial charge on any atom is 0.326 e. The van der Waals surface area contributed by atoms with E-state index in [-0.39, 0.29) is 254 Å². The SMILES string of the molecule is CC(=O)[C@H](CCCCNC(=O)COCCOCCCC(=O)COCCOCCNC(=O)CC[C@H](NC(=O)CCCCCCCCCCCCCCC(=O)O)C(=O)O)CC(=O)[C@H](CCCCNC(=O)COCCOCCNC(=O)COCCOCCNC(=O)CC[C@H](NC(=O)CCCCCCCCCCCCCCC(=O)O)C(=O)O)CC(=O)C(C)(C)C. The number of Topliss-reactive ketones (excluding diaryl/α,β-unsaturated/α-hetero) is 4. The summed E-state index contributed by atoms with van der Waals surface area (Å²) in [6, 6.07) is -2.35. The molecule has 0 aromatic heterocycles. The highest BCUT2D eigenvalue weighted by atomic mass is 16.5. The molecule has 0 aliphatic carbocycles. The molecule has 698 valence electrons. The third-order valence-corrected chi connectivity index (χ3v) is 19.9. The van der Waals surface area contributed by atoms with Crippen molar-refractivity contribution in [3.63, 3.8) is 0 Å². The lowest BCUT2D eigenvalue weighted by Crippen LogP contribution is -2.41. The molecule has 0 saturated heterocycles.